The van der Waals surface area contributed by atoms with Gasteiger partial charge >= 0.3 is 17.9 Å². The predicted molar refractivity (Wildman–Crippen MR) is 283 cm³/mol. The first-order valence-electron chi connectivity index (χ1n) is 28.8. The molecule has 8 aliphatic rings. The molecule has 26 atom stereocenters. The van der Waals surface area contributed by atoms with Gasteiger partial charge in [0.1, 0.15) is 54.9 Å². The Morgan fingerprint density at radius 1 is 0.675 bits per heavy atom. The van der Waals surface area contributed by atoms with Crippen molar-refractivity contribution in [1.82, 2.24) is 0 Å². The zero-order valence-corrected chi connectivity index (χ0v) is 48.8. The molecule has 80 heavy (non-hydrogen) atoms. The van der Waals surface area contributed by atoms with Crippen LogP contribution >= 0.6 is 0 Å². The van der Waals surface area contributed by atoms with Crippen molar-refractivity contribution in [3.63, 3.8) is 0 Å². The molecule has 3 heterocycles. The second kappa shape index (κ2) is 22.8. The van der Waals surface area contributed by atoms with Gasteiger partial charge in [0.2, 0.25) is 0 Å². The Morgan fingerprint density at radius 2 is 1.24 bits per heavy atom. The fraction of sp³-hybridized carbons (Fsp3) is 0.847. The van der Waals surface area contributed by atoms with Crippen LogP contribution in [0.5, 0.6) is 0 Å². The quantitative estimate of drug-likeness (QED) is 0.0548. The van der Waals surface area contributed by atoms with Crippen molar-refractivity contribution in [3.05, 3.63) is 34.9 Å². The van der Waals surface area contributed by atoms with E-state index >= 15 is 0 Å². The minimum absolute atomic E-state index is 0.00797. The van der Waals surface area contributed by atoms with Crippen molar-refractivity contribution in [2.24, 2.45) is 56.2 Å². The highest BCUT2D eigenvalue weighted by Crippen LogP contribution is 2.76. The van der Waals surface area contributed by atoms with E-state index in [9.17, 15) is 65.4 Å². The van der Waals surface area contributed by atoms with Crippen molar-refractivity contribution in [1.29, 1.82) is 0 Å². The fourth-order valence-corrected chi connectivity index (χ4v) is 16.5. The standard InChI is InChI=1S/C59H92O21/c1-14-26(3)49(71)79-46-47(80-50(72)27(4)15-2)59(25-61)31(22-54(46,7)8)30-16-17-34-56(11)20-19-36(55(9,10)33(56)18-21-57(34,12)58(30,13)23-35(59)62)75-53-42(68)44(40(66)45(78-53)48(69)70)77-52-41(67)43(39(65)29(6)73-52)76-51-38(64)28(5)37(63)32(24-60)74-51/h14-16,28-29,31-47,51-53,60-68H,17-25H2,1-13H3,(H,69,70)/b26-14-,27-15-/t28?,29?,31-,32?,33?,34?,35+,36-,37?,38?,39?,40?,41?,42?,43?,44?,45?,46-,47-,51?,52?,53?,56-,57+,58+,59-/m0/s1. The van der Waals surface area contributed by atoms with Crippen LogP contribution in [0, 0.1) is 56.2 Å². The summed E-state index contributed by atoms with van der Waals surface area (Å²) in [5.74, 6) is -4.01. The van der Waals surface area contributed by atoms with Gasteiger partial charge in [-0.2, -0.15) is 0 Å². The molecule has 3 saturated heterocycles. The third-order valence-corrected chi connectivity index (χ3v) is 21.9. The van der Waals surface area contributed by atoms with Gasteiger partial charge in [0, 0.05) is 22.5 Å². The highest BCUT2D eigenvalue weighted by Gasteiger charge is 2.74. The molecule has 7 fully saturated rings. The molecule has 0 amide bonds. The van der Waals surface area contributed by atoms with Crippen LogP contribution in [-0.4, -0.2) is 193 Å². The molecule has 0 aromatic heterocycles. The number of aliphatic carboxylic acids is 1. The van der Waals surface area contributed by atoms with Crippen LogP contribution in [0.25, 0.3) is 0 Å². The summed E-state index contributed by atoms with van der Waals surface area (Å²) in [5.41, 5.74) is -2.35. The van der Waals surface area contributed by atoms with Gasteiger partial charge in [-0.15, -0.1) is 0 Å². The zero-order chi connectivity index (χ0) is 59.3. The molecule has 3 aliphatic heterocycles. The number of aliphatic hydroxyl groups is 9. The van der Waals surface area contributed by atoms with E-state index in [1.54, 1.807) is 39.8 Å². The minimum Gasteiger partial charge on any atom is -0.479 e. The molecule has 10 N–H and O–H groups in total. The molecular formula is C59H92O21. The number of fused-ring (bicyclic) bond motifs is 7. The van der Waals surface area contributed by atoms with Crippen LogP contribution in [0.15, 0.2) is 34.9 Å². The maximum absolute atomic E-state index is 13.8. The van der Waals surface area contributed by atoms with Crippen LogP contribution in [-0.2, 0) is 52.3 Å². The van der Waals surface area contributed by atoms with E-state index < -0.39 is 180 Å². The summed E-state index contributed by atoms with van der Waals surface area (Å²) in [6.45, 7) is 23.6. The number of hydrogen-bond donors (Lipinski definition) is 10. The van der Waals surface area contributed by atoms with Crippen molar-refractivity contribution in [2.75, 3.05) is 13.2 Å². The molecule has 17 unspecified atom stereocenters. The van der Waals surface area contributed by atoms with Crippen molar-refractivity contribution < 1.29 is 103 Å². The number of ether oxygens (including phenoxy) is 8. The van der Waals surface area contributed by atoms with E-state index in [-0.39, 0.29) is 23.7 Å². The Balaban J connectivity index is 1.04. The van der Waals surface area contributed by atoms with Gasteiger partial charge in [0.25, 0.3) is 0 Å². The second-order valence-corrected chi connectivity index (χ2v) is 26.8. The minimum atomic E-state index is -2.02. The molecule has 4 saturated carbocycles. The summed E-state index contributed by atoms with van der Waals surface area (Å²) in [6.07, 6.45) is -17.1. The van der Waals surface area contributed by atoms with Crippen LogP contribution < -0.4 is 0 Å². The van der Waals surface area contributed by atoms with Crippen LogP contribution in [0.2, 0.25) is 0 Å². The smallest absolute Gasteiger partial charge is 0.335 e. The fourth-order valence-electron chi connectivity index (χ4n) is 16.5. The van der Waals surface area contributed by atoms with Gasteiger partial charge in [-0.05, 0) is 119 Å². The third kappa shape index (κ3) is 10.1. The monoisotopic (exact) mass is 1140 g/mol. The van der Waals surface area contributed by atoms with E-state index in [0.717, 1.165) is 18.4 Å². The first-order chi connectivity index (χ1) is 37.3. The average Bonchev–Trinajstić information content (AvgIpc) is 3.56. The summed E-state index contributed by atoms with van der Waals surface area (Å²) >= 11 is 0. The molecule has 5 aliphatic carbocycles. The Bertz CT molecular complexity index is 2390. The molecule has 21 heteroatoms. The van der Waals surface area contributed by atoms with Crippen molar-refractivity contribution in [2.45, 2.75) is 245 Å². The number of carboxylic acids is 1. The second-order valence-electron chi connectivity index (χ2n) is 26.8. The van der Waals surface area contributed by atoms with Gasteiger partial charge < -0.3 is 89.0 Å². The molecule has 0 radical (unpaired) electrons. The topological polar surface area (TPSA) is 327 Å². The summed E-state index contributed by atoms with van der Waals surface area (Å²) in [4.78, 5) is 40.1. The van der Waals surface area contributed by atoms with E-state index in [1.165, 1.54) is 13.8 Å². The summed E-state index contributed by atoms with van der Waals surface area (Å²) in [5, 5.41) is 113. The normalized spacial score (nSPS) is 49.2. The molecule has 0 spiro atoms. The Kier molecular flexibility index (Phi) is 18.0. The lowest BCUT2D eigenvalue weighted by atomic mass is 9.33. The number of carbonyl (C=O) groups excluding carboxylic acids is 2. The van der Waals surface area contributed by atoms with E-state index in [1.807, 2.05) is 13.8 Å². The van der Waals surface area contributed by atoms with Gasteiger partial charge in [-0.25, -0.2) is 14.4 Å². The van der Waals surface area contributed by atoms with Gasteiger partial charge in [0.05, 0.1) is 43.0 Å². The first kappa shape index (κ1) is 63.1. The lowest BCUT2D eigenvalue weighted by molar-refractivity contribution is -0.378. The van der Waals surface area contributed by atoms with Crippen molar-refractivity contribution in [3.8, 4) is 0 Å². The Morgan fingerprint density at radius 3 is 1.80 bits per heavy atom. The number of rotatable bonds is 13. The summed E-state index contributed by atoms with van der Waals surface area (Å²) in [6, 6.07) is 0. The lowest BCUT2D eigenvalue weighted by Gasteiger charge is -2.72. The maximum atomic E-state index is 13.8. The average molecular weight is 1140 g/mol. The van der Waals surface area contributed by atoms with Crippen LogP contribution in [0.4, 0.5) is 0 Å². The SMILES string of the molecule is C/C=C(/C)C(=O)O[C@H]1[C@H](OC(=O)/C(C)=C\C)[C@]2(CO)[C@H](O)C[C@]3(C)C(=CCC4[C@@]5(C)CC[C@H](OC6OC(C(=O)O)C(O)C(OC7OC(C)C(O)C(OC8OC(CO)C(O)C(C)C8O)C7O)C6O)C(C)(C)C5CC[C@]43C)[C@@H]2CC1(C)C. The predicted octanol–water partition coefficient (Wildman–Crippen LogP) is 2.96. The highest BCUT2D eigenvalue weighted by atomic mass is 16.8. The van der Waals surface area contributed by atoms with E-state index in [2.05, 4.69) is 40.7 Å². The zero-order valence-electron chi connectivity index (χ0n) is 48.8. The number of esters is 2. The number of carbonyl (C=O) groups is 3. The van der Waals surface area contributed by atoms with Gasteiger partial charge in [0.15, 0.2) is 31.1 Å². The van der Waals surface area contributed by atoms with Gasteiger partial charge in [-0.1, -0.05) is 79.2 Å². The third-order valence-electron chi connectivity index (χ3n) is 21.9. The molecule has 0 aromatic carbocycles. The largest absolute Gasteiger partial charge is 0.479 e. The van der Waals surface area contributed by atoms with E-state index in [4.69, 9.17) is 37.9 Å². The van der Waals surface area contributed by atoms with Crippen LogP contribution in [0.3, 0.4) is 0 Å². The lowest BCUT2D eigenvalue weighted by Crippen LogP contribution is -2.72. The molecule has 21 nitrogen and oxygen atoms in total. The van der Waals surface area contributed by atoms with Crippen molar-refractivity contribution >= 4 is 17.9 Å². The van der Waals surface area contributed by atoms with E-state index in [0.29, 0.717) is 36.8 Å². The first-order valence-corrected chi connectivity index (χ1v) is 28.8. The summed E-state index contributed by atoms with van der Waals surface area (Å²) < 4.78 is 48.6. The maximum Gasteiger partial charge on any atom is 0.335 e. The highest BCUT2D eigenvalue weighted by molar-refractivity contribution is 5.89. The molecule has 0 aromatic rings. The molecule has 454 valence electrons. The number of carboxylic acid groups (broad SMARTS) is 1. The molecular weight excluding hydrogens is 1040 g/mol. The van der Waals surface area contributed by atoms with Gasteiger partial charge in [-0.3, -0.25) is 0 Å². The Labute approximate surface area is 469 Å². The molecule has 8 rings (SSSR count). The summed E-state index contributed by atoms with van der Waals surface area (Å²) in [7, 11) is 0. The van der Waals surface area contributed by atoms with Crippen LogP contribution in [0.1, 0.15) is 135 Å². The number of aliphatic hydroxyl groups excluding tert-OH is 9. The Hall–Kier alpha value is -2.97. The number of allylic oxidation sites excluding steroid dienone is 4. The number of hydrogen-bond acceptors (Lipinski definition) is 20. The molecule has 0 bridgehead atoms.